The van der Waals surface area contributed by atoms with Crippen molar-refractivity contribution >= 4 is 22.8 Å². The number of carbonyl (C=O) groups is 1. The molecule has 6 heteroatoms. The van der Waals surface area contributed by atoms with Gasteiger partial charge >= 0.3 is 0 Å². The number of para-hydroxylation sites is 1. The number of rotatable bonds is 6. The number of aliphatic imine (C=N–C) groups is 1. The first-order valence-corrected chi connectivity index (χ1v) is 8.96. The highest BCUT2D eigenvalue weighted by molar-refractivity contribution is 5.92. The van der Waals surface area contributed by atoms with Crippen LogP contribution in [0.3, 0.4) is 0 Å². The molecule has 0 saturated heterocycles. The molecule has 1 heterocycles. The summed E-state index contributed by atoms with van der Waals surface area (Å²) in [5.41, 5.74) is 8.78. The Hall–Kier alpha value is -3.28. The minimum Gasteiger partial charge on any atom is -0.459 e. The van der Waals surface area contributed by atoms with E-state index < -0.39 is 5.91 Å². The first-order valence-electron chi connectivity index (χ1n) is 8.96. The van der Waals surface area contributed by atoms with Gasteiger partial charge < -0.3 is 20.8 Å². The van der Waals surface area contributed by atoms with E-state index in [9.17, 15) is 4.79 Å². The van der Waals surface area contributed by atoms with Gasteiger partial charge in [-0.15, -0.1) is 0 Å². The fraction of sp³-hybridized carbons (Fsp3) is 0.238. The Kier molecular flexibility index (Phi) is 5.76. The lowest BCUT2D eigenvalue weighted by Crippen LogP contribution is -2.36. The number of nitrogens with zero attached hydrogens (tertiary/aromatic N) is 1. The number of primary amides is 1. The molecule has 0 aliphatic carbocycles. The molecular weight excluding hydrogens is 340 g/mol. The number of amides is 1. The zero-order valence-corrected chi connectivity index (χ0v) is 15.6. The van der Waals surface area contributed by atoms with Gasteiger partial charge in [0.25, 0.3) is 0 Å². The van der Waals surface area contributed by atoms with Gasteiger partial charge in [-0.25, -0.2) is 4.99 Å². The van der Waals surface area contributed by atoms with Crippen molar-refractivity contribution in [1.29, 1.82) is 0 Å². The highest BCUT2D eigenvalue weighted by Gasteiger charge is 2.10. The molecule has 0 unspecified atom stereocenters. The lowest BCUT2D eigenvalue weighted by Gasteiger charge is -2.10. The Morgan fingerprint density at radius 2 is 1.85 bits per heavy atom. The van der Waals surface area contributed by atoms with E-state index in [2.05, 4.69) is 28.6 Å². The Morgan fingerprint density at radius 3 is 2.52 bits per heavy atom. The van der Waals surface area contributed by atoms with Crippen LogP contribution in [0.5, 0.6) is 0 Å². The maximum absolute atomic E-state index is 11.1. The average molecular weight is 364 g/mol. The van der Waals surface area contributed by atoms with Crippen LogP contribution in [0.25, 0.3) is 11.0 Å². The monoisotopic (exact) mass is 364 g/mol. The van der Waals surface area contributed by atoms with Crippen molar-refractivity contribution in [3.63, 3.8) is 0 Å². The molecule has 0 radical (unpaired) electrons. The van der Waals surface area contributed by atoms with Gasteiger partial charge in [0.15, 0.2) is 5.96 Å². The van der Waals surface area contributed by atoms with Crippen LogP contribution in [-0.2, 0) is 13.1 Å². The predicted octanol–water partition coefficient (Wildman–Crippen LogP) is 3.10. The van der Waals surface area contributed by atoms with Crippen LogP contribution in [0.4, 0.5) is 0 Å². The summed E-state index contributed by atoms with van der Waals surface area (Å²) in [4.78, 5) is 15.7. The second-order valence-electron chi connectivity index (χ2n) is 6.26. The van der Waals surface area contributed by atoms with Crippen molar-refractivity contribution in [1.82, 2.24) is 10.6 Å². The Bertz CT molecular complexity index is 958. The molecule has 0 atom stereocenters. The van der Waals surface area contributed by atoms with Crippen molar-refractivity contribution in [3.8, 4) is 0 Å². The summed E-state index contributed by atoms with van der Waals surface area (Å²) in [6.07, 6.45) is 0. The molecule has 2 aromatic carbocycles. The van der Waals surface area contributed by atoms with E-state index in [-0.39, 0.29) is 0 Å². The van der Waals surface area contributed by atoms with E-state index in [0.717, 1.165) is 34.4 Å². The fourth-order valence-electron chi connectivity index (χ4n) is 2.84. The molecule has 0 aliphatic rings. The molecule has 0 fully saturated rings. The zero-order chi connectivity index (χ0) is 19.2. The lowest BCUT2D eigenvalue weighted by molar-refractivity contribution is 0.100. The molecule has 0 saturated carbocycles. The number of hydrogen-bond acceptors (Lipinski definition) is 3. The first kappa shape index (κ1) is 18.5. The minimum atomic E-state index is -0.429. The molecule has 3 aromatic rings. The Balaban J connectivity index is 1.68. The second kappa shape index (κ2) is 8.40. The van der Waals surface area contributed by atoms with E-state index in [1.165, 1.54) is 0 Å². The van der Waals surface area contributed by atoms with E-state index in [0.29, 0.717) is 24.6 Å². The summed E-state index contributed by atoms with van der Waals surface area (Å²) in [5.74, 6) is 1.17. The summed E-state index contributed by atoms with van der Waals surface area (Å²) in [6, 6.07) is 15.2. The van der Waals surface area contributed by atoms with Gasteiger partial charge in [0, 0.05) is 23.1 Å². The van der Waals surface area contributed by atoms with Crippen molar-refractivity contribution in [3.05, 3.63) is 71.0 Å². The summed E-state index contributed by atoms with van der Waals surface area (Å²) >= 11 is 0. The van der Waals surface area contributed by atoms with Crippen molar-refractivity contribution < 1.29 is 9.21 Å². The van der Waals surface area contributed by atoms with Gasteiger partial charge in [-0.1, -0.05) is 30.3 Å². The quantitative estimate of drug-likeness (QED) is 0.463. The molecule has 0 spiro atoms. The Morgan fingerprint density at radius 1 is 1.11 bits per heavy atom. The highest BCUT2D eigenvalue weighted by Crippen LogP contribution is 2.24. The van der Waals surface area contributed by atoms with Gasteiger partial charge in [0.2, 0.25) is 5.91 Å². The summed E-state index contributed by atoms with van der Waals surface area (Å²) in [7, 11) is 0. The zero-order valence-electron chi connectivity index (χ0n) is 15.6. The molecule has 1 amide bonds. The molecule has 140 valence electrons. The number of guanidine groups is 1. The molecule has 27 heavy (non-hydrogen) atoms. The molecular formula is C21H24N4O2. The fourth-order valence-corrected chi connectivity index (χ4v) is 2.84. The molecule has 1 aromatic heterocycles. The summed E-state index contributed by atoms with van der Waals surface area (Å²) in [6.45, 7) is 5.88. The molecule has 6 nitrogen and oxygen atoms in total. The molecule has 0 bridgehead atoms. The normalized spacial score (nSPS) is 11.6. The molecule has 4 N–H and O–H groups in total. The van der Waals surface area contributed by atoms with Crippen molar-refractivity contribution in [2.24, 2.45) is 10.7 Å². The highest BCUT2D eigenvalue weighted by atomic mass is 16.3. The van der Waals surface area contributed by atoms with Gasteiger partial charge in [-0.05, 0) is 37.6 Å². The third-order valence-corrected chi connectivity index (χ3v) is 4.36. The van der Waals surface area contributed by atoms with Crippen molar-refractivity contribution in [2.75, 3.05) is 6.54 Å². The SMILES string of the molecule is CCNC(=NCc1ccc(C(N)=O)cc1)NCc1oc2ccccc2c1C. The third-order valence-electron chi connectivity index (χ3n) is 4.36. The van der Waals surface area contributed by atoms with Crippen LogP contribution in [-0.4, -0.2) is 18.4 Å². The van der Waals surface area contributed by atoms with E-state index in [4.69, 9.17) is 10.2 Å². The minimum absolute atomic E-state index is 0.429. The lowest BCUT2D eigenvalue weighted by atomic mass is 10.1. The number of aryl methyl sites for hydroxylation is 1. The van der Waals surface area contributed by atoms with Gasteiger partial charge in [0.1, 0.15) is 11.3 Å². The number of nitrogens with one attached hydrogen (secondary N) is 2. The van der Waals surface area contributed by atoms with Gasteiger partial charge in [-0.3, -0.25) is 4.79 Å². The maximum Gasteiger partial charge on any atom is 0.248 e. The number of hydrogen-bond donors (Lipinski definition) is 3. The standard InChI is InChI=1S/C21H24N4O2/c1-3-23-21(24-12-15-8-10-16(11-9-15)20(22)26)25-13-19-14(2)17-6-4-5-7-18(17)27-19/h4-11H,3,12-13H2,1-2H3,(H2,22,26)(H2,23,24,25). The second-order valence-corrected chi connectivity index (χ2v) is 6.26. The largest absolute Gasteiger partial charge is 0.459 e. The van der Waals surface area contributed by atoms with Crippen LogP contribution in [0.2, 0.25) is 0 Å². The first-order chi connectivity index (χ1) is 13.1. The van der Waals surface area contributed by atoms with Gasteiger partial charge in [-0.2, -0.15) is 0 Å². The number of fused-ring (bicyclic) bond motifs is 1. The van der Waals surface area contributed by atoms with Gasteiger partial charge in [0.05, 0.1) is 13.1 Å². The summed E-state index contributed by atoms with van der Waals surface area (Å²) in [5, 5.41) is 7.67. The van der Waals surface area contributed by atoms with Crippen LogP contribution >= 0.6 is 0 Å². The molecule has 0 aliphatic heterocycles. The van der Waals surface area contributed by atoms with Crippen LogP contribution in [0, 0.1) is 6.92 Å². The molecule has 3 rings (SSSR count). The van der Waals surface area contributed by atoms with E-state index >= 15 is 0 Å². The third kappa shape index (κ3) is 4.47. The Labute approximate surface area is 158 Å². The van der Waals surface area contributed by atoms with E-state index in [1.807, 2.05) is 37.3 Å². The predicted molar refractivity (Wildman–Crippen MR) is 108 cm³/mol. The van der Waals surface area contributed by atoms with Crippen LogP contribution in [0.15, 0.2) is 57.9 Å². The number of carbonyl (C=O) groups excluding carboxylic acids is 1. The number of furan rings is 1. The number of benzene rings is 2. The summed E-state index contributed by atoms with van der Waals surface area (Å²) < 4.78 is 5.94. The number of nitrogens with two attached hydrogens (primary N) is 1. The van der Waals surface area contributed by atoms with E-state index in [1.54, 1.807) is 12.1 Å². The topological polar surface area (TPSA) is 92.6 Å². The van der Waals surface area contributed by atoms with Crippen molar-refractivity contribution in [2.45, 2.75) is 26.9 Å². The maximum atomic E-state index is 11.1. The smallest absolute Gasteiger partial charge is 0.248 e. The van der Waals surface area contributed by atoms with Crippen LogP contribution in [0.1, 0.15) is 34.2 Å². The average Bonchev–Trinajstić information content (AvgIpc) is 3.00. The van der Waals surface area contributed by atoms with Crippen LogP contribution < -0.4 is 16.4 Å².